The highest BCUT2D eigenvalue weighted by atomic mass is 35.5. The summed E-state index contributed by atoms with van der Waals surface area (Å²) < 4.78 is 7.63. The van der Waals surface area contributed by atoms with Gasteiger partial charge in [-0.1, -0.05) is 41.4 Å². The van der Waals surface area contributed by atoms with Gasteiger partial charge in [0.05, 0.1) is 16.8 Å². The highest BCUT2D eigenvalue weighted by molar-refractivity contribution is 6.42. The summed E-state index contributed by atoms with van der Waals surface area (Å²) in [7, 11) is 0. The summed E-state index contributed by atoms with van der Waals surface area (Å²) in [6.45, 7) is 7.00. The Bertz CT molecular complexity index is 1020. The van der Waals surface area contributed by atoms with E-state index in [2.05, 4.69) is 10.4 Å². The molecule has 5 nitrogen and oxygen atoms in total. The molecule has 0 fully saturated rings. The van der Waals surface area contributed by atoms with Gasteiger partial charge in [0.1, 0.15) is 17.4 Å². The van der Waals surface area contributed by atoms with E-state index in [-0.39, 0.29) is 18.6 Å². The third kappa shape index (κ3) is 5.11. The third-order valence-corrected chi connectivity index (χ3v) is 5.42. The molecule has 0 saturated carbocycles. The number of hydrogen-bond acceptors (Lipinski definition) is 3. The number of nitrogens with one attached hydrogen (secondary N) is 1. The van der Waals surface area contributed by atoms with Crippen LogP contribution in [-0.4, -0.2) is 15.7 Å². The molecule has 3 rings (SSSR count). The second kappa shape index (κ2) is 9.33. The molecule has 1 unspecified atom stereocenters. The number of halogens is 2. The van der Waals surface area contributed by atoms with Crippen molar-refractivity contribution >= 4 is 29.1 Å². The maximum atomic E-state index is 12.7. The molecule has 152 valence electrons. The molecule has 29 heavy (non-hydrogen) atoms. The summed E-state index contributed by atoms with van der Waals surface area (Å²) in [5.74, 6) is 0.356. The average Bonchev–Trinajstić information content (AvgIpc) is 3.10. The molecular formula is C22H23Cl2N3O2. The van der Waals surface area contributed by atoms with Crippen LogP contribution in [0.15, 0.2) is 48.7 Å². The maximum Gasteiger partial charge on any atom is 0.251 e. The first-order chi connectivity index (χ1) is 13.9. The predicted octanol–water partition coefficient (Wildman–Crippen LogP) is 5.59. The molecule has 3 aromatic rings. The Kier molecular flexibility index (Phi) is 6.83. The lowest BCUT2D eigenvalue weighted by atomic mass is 10.1. The van der Waals surface area contributed by atoms with Gasteiger partial charge in [-0.15, -0.1) is 0 Å². The maximum absolute atomic E-state index is 12.7. The molecule has 1 N–H and O–H groups in total. The topological polar surface area (TPSA) is 56.2 Å². The number of benzene rings is 2. The predicted molar refractivity (Wildman–Crippen MR) is 116 cm³/mol. The fraction of sp³-hybridized carbons (Fsp3) is 0.273. The minimum absolute atomic E-state index is 0.145. The molecule has 0 spiro atoms. The largest absolute Gasteiger partial charge is 0.487 e. The molecule has 1 amide bonds. The molecule has 0 bridgehead atoms. The summed E-state index contributed by atoms with van der Waals surface area (Å²) >= 11 is 12.2. The van der Waals surface area contributed by atoms with Gasteiger partial charge in [0.15, 0.2) is 0 Å². The zero-order valence-electron chi connectivity index (χ0n) is 16.6. The van der Waals surface area contributed by atoms with Crippen LogP contribution in [0.1, 0.15) is 47.1 Å². The molecule has 0 saturated heterocycles. The van der Waals surface area contributed by atoms with E-state index in [1.54, 1.807) is 24.3 Å². The summed E-state index contributed by atoms with van der Waals surface area (Å²) in [6, 6.07) is 12.4. The smallest absolute Gasteiger partial charge is 0.251 e. The van der Waals surface area contributed by atoms with Gasteiger partial charge in [-0.25, -0.2) is 0 Å². The lowest BCUT2D eigenvalue weighted by Gasteiger charge is -2.14. The summed E-state index contributed by atoms with van der Waals surface area (Å²) in [4.78, 5) is 12.7. The van der Waals surface area contributed by atoms with Crippen LogP contribution in [0.3, 0.4) is 0 Å². The van der Waals surface area contributed by atoms with E-state index in [1.165, 1.54) is 0 Å². The van der Waals surface area contributed by atoms with E-state index in [1.807, 2.05) is 49.8 Å². The van der Waals surface area contributed by atoms with Gasteiger partial charge in [0.2, 0.25) is 0 Å². The number of aryl methyl sites for hydroxylation is 2. The Morgan fingerprint density at radius 2 is 2.00 bits per heavy atom. The van der Waals surface area contributed by atoms with Crippen molar-refractivity contribution in [1.29, 1.82) is 0 Å². The van der Waals surface area contributed by atoms with Gasteiger partial charge in [0, 0.05) is 23.9 Å². The summed E-state index contributed by atoms with van der Waals surface area (Å²) in [5.41, 5.74) is 3.35. The van der Waals surface area contributed by atoms with Crippen molar-refractivity contribution in [3.8, 4) is 5.75 Å². The number of carbonyl (C=O) groups excluding carboxylic acids is 1. The Labute approximate surface area is 180 Å². The van der Waals surface area contributed by atoms with Crippen LogP contribution < -0.4 is 10.1 Å². The number of amides is 1. The quantitative estimate of drug-likeness (QED) is 0.530. The van der Waals surface area contributed by atoms with Crippen LogP contribution in [0.5, 0.6) is 5.75 Å². The molecule has 0 aliphatic rings. The van der Waals surface area contributed by atoms with Crippen LogP contribution in [0.4, 0.5) is 0 Å². The molecule has 0 radical (unpaired) electrons. The average molecular weight is 432 g/mol. The van der Waals surface area contributed by atoms with Crippen LogP contribution >= 0.6 is 23.2 Å². The highest BCUT2D eigenvalue weighted by Gasteiger charge is 2.16. The fourth-order valence-corrected chi connectivity index (χ4v) is 3.38. The van der Waals surface area contributed by atoms with E-state index in [0.717, 1.165) is 23.4 Å². The minimum atomic E-state index is -0.149. The molecule has 1 atom stereocenters. The normalized spacial score (nSPS) is 11.9. The number of aromatic nitrogens is 2. The Balaban J connectivity index is 1.67. The second-order valence-corrected chi connectivity index (χ2v) is 7.55. The first-order valence-electron chi connectivity index (χ1n) is 9.39. The first-order valence-corrected chi connectivity index (χ1v) is 10.1. The molecule has 2 aromatic carbocycles. The second-order valence-electron chi connectivity index (χ2n) is 6.76. The first kappa shape index (κ1) is 21.2. The molecule has 1 heterocycles. The highest BCUT2D eigenvalue weighted by Crippen LogP contribution is 2.32. The molecule has 0 aliphatic heterocycles. The number of ether oxygens (including phenoxy) is 1. The van der Waals surface area contributed by atoms with Gasteiger partial charge < -0.3 is 10.1 Å². The van der Waals surface area contributed by atoms with Crippen molar-refractivity contribution in [2.75, 3.05) is 0 Å². The van der Waals surface area contributed by atoms with E-state index in [0.29, 0.717) is 21.4 Å². The molecule has 1 aromatic heterocycles. The zero-order chi connectivity index (χ0) is 21.0. The fourth-order valence-electron chi connectivity index (χ4n) is 3.04. The van der Waals surface area contributed by atoms with Crippen molar-refractivity contribution < 1.29 is 9.53 Å². The molecule has 0 aliphatic carbocycles. The van der Waals surface area contributed by atoms with Crippen molar-refractivity contribution in [2.45, 2.75) is 40.0 Å². The van der Waals surface area contributed by atoms with Gasteiger partial charge in [-0.2, -0.15) is 5.10 Å². The Hall–Kier alpha value is -2.50. The van der Waals surface area contributed by atoms with Crippen molar-refractivity contribution in [3.05, 3.63) is 81.1 Å². The zero-order valence-corrected chi connectivity index (χ0v) is 18.1. The van der Waals surface area contributed by atoms with E-state index in [4.69, 9.17) is 27.9 Å². The monoisotopic (exact) mass is 431 g/mol. The van der Waals surface area contributed by atoms with E-state index < -0.39 is 0 Å². The Morgan fingerprint density at radius 1 is 1.24 bits per heavy atom. The number of nitrogens with zero attached hydrogens (tertiary/aromatic N) is 2. The van der Waals surface area contributed by atoms with Crippen molar-refractivity contribution in [3.63, 3.8) is 0 Å². The van der Waals surface area contributed by atoms with Crippen LogP contribution in [0.25, 0.3) is 0 Å². The molecular weight excluding hydrogens is 409 g/mol. The van der Waals surface area contributed by atoms with Crippen LogP contribution in [0, 0.1) is 6.92 Å². The summed E-state index contributed by atoms with van der Waals surface area (Å²) in [5, 5.41) is 8.29. The van der Waals surface area contributed by atoms with Gasteiger partial charge >= 0.3 is 0 Å². The summed E-state index contributed by atoms with van der Waals surface area (Å²) in [6.07, 6.45) is 1.97. The van der Waals surface area contributed by atoms with Crippen LogP contribution in [-0.2, 0) is 13.2 Å². The minimum Gasteiger partial charge on any atom is -0.487 e. The molecule has 7 heteroatoms. The van der Waals surface area contributed by atoms with Crippen molar-refractivity contribution in [1.82, 2.24) is 15.1 Å². The SMILES string of the molecule is CCn1cc(C(C)NC(=O)c2cccc(COc3cccc(Cl)c3Cl)c2)c(C)n1. The lowest BCUT2D eigenvalue weighted by Crippen LogP contribution is -2.27. The van der Waals surface area contributed by atoms with Gasteiger partial charge in [-0.05, 0) is 50.6 Å². The third-order valence-electron chi connectivity index (χ3n) is 4.62. The standard InChI is InChI=1S/C22H23Cl2N3O2/c1-4-27-12-18(15(3)26-27)14(2)25-22(28)17-8-5-7-16(11-17)13-29-20-10-6-9-19(23)21(20)24/h5-12,14H,4,13H2,1-3H3,(H,25,28). The van der Waals surface area contributed by atoms with Gasteiger partial charge in [0.25, 0.3) is 5.91 Å². The van der Waals surface area contributed by atoms with E-state index >= 15 is 0 Å². The number of carbonyl (C=O) groups is 1. The van der Waals surface area contributed by atoms with E-state index in [9.17, 15) is 4.79 Å². The Morgan fingerprint density at radius 3 is 2.72 bits per heavy atom. The number of rotatable bonds is 7. The van der Waals surface area contributed by atoms with Gasteiger partial charge in [-0.3, -0.25) is 9.48 Å². The van der Waals surface area contributed by atoms with Crippen LogP contribution in [0.2, 0.25) is 10.0 Å². The lowest BCUT2D eigenvalue weighted by molar-refractivity contribution is 0.0939. The van der Waals surface area contributed by atoms with Crippen molar-refractivity contribution in [2.24, 2.45) is 0 Å². The number of hydrogen-bond donors (Lipinski definition) is 1.